The molecule has 1 aromatic heterocycles. The van der Waals surface area contributed by atoms with Gasteiger partial charge >= 0.3 is 0 Å². The van der Waals surface area contributed by atoms with Gasteiger partial charge in [-0.25, -0.2) is 4.98 Å². The molecule has 0 aliphatic heterocycles. The van der Waals surface area contributed by atoms with E-state index in [9.17, 15) is 5.11 Å². The number of aliphatic hydroxyl groups excluding tert-OH is 1. The van der Waals surface area contributed by atoms with Crippen LogP contribution in [0.5, 0.6) is 0 Å². The molecule has 0 bridgehead atoms. The molecule has 0 aromatic carbocycles. The highest BCUT2D eigenvalue weighted by Crippen LogP contribution is 2.24. The van der Waals surface area contributed by atoms with Crippen LogP contribution in [0.25, 0.3) is 0 Å². The highest BCUT2D eigenvalue weighted by atomic mass is 32.2. The van der Waals surface area contributed by atoms with Crippen LogP contribution in [-0.4, -0.2) is 21.4 Å². The van der Waals surface area contributed by atoms with Gasteiger partial charge < -0.3 is 5.11 Å². The summed E-state index contributed by atoms with van der Waals surface area (Å²) in [6.07, 6.45) is -0.303. The third-order valence-corrected chi connectivity index (χ3v) is 3.28. The molecular weight excluding hydrogens is 194 g/mol. The van der Waals surface area contributed by atoms with Crippen molar-refractivity contribution >= 4 is 11.8 Å². The number of aliphatic hydroxyl groups is 1. The number of hydrogen-bond donors (Lipinski definition) is 1. The van der Waals surface area contributed by atoms with Crippen molar-refractivity contribution in [2.45, 2.75) is 44.1 Å². The van der Waals surface area contributed by atoms with Crippen molar-refractivity contribution < 1.29 is 5.11 Å². The van der Waals surface area contributed by atoms with E-state index in [1.165, 1.54) is 5.56 Å². The van der Waals surface area contributed by atoms with Gasteiger partial charge in [-0.3, -0.25) is 0 Å². The highest BCUT2D eigenvalue weighted by molar-refractivity contribution is 7.99. The minimum Gasteiger partial charge on any atom is -0.392 e. The van der Waals surface area contributed by atoms with E-state index in [0.717, 1.165) is 10.7 Å². The number of aromatic nitrogens is 1. The fourth-order valence-corrected chi connectivity index (χ4v) is 2.18. The first-order chi connectivity index (χ1) is 6.49. The van der Waals surface area contributed by atoms with Crippen molar-refractivity contribution in [3.8, 4) is 0 Å². The second-order valence-corrected chi connectivity index (χ2v) is 5.09. The maximum atomic E-state index is 9.37. The van der Waals surface area contributed by atoms with Gasteiger partial charge in [-0.1, -0.05) is 6.92 Å². The molecule has 3 heteroatoms. The van der Waals surface area contributed by atoms with Crippen LogP contribution in [0, 0.1) is 13.8 Å². The van der Waals surface area contributed by atoms with E-state index >= 15 is 0 Å². The summed E-state index contributed by atoms with van der Waals surface area (Å²) in [6, 6.07) is 4.10. The number of thioether (sulfide) groups is 1. The van der Waals surface area contributed by atoms with Crippen LogP contribution in [0.15, 0.2) is 17.2 Å². The summed E-state index contributed by atoms with van der Waals surface area (Å²) in [6.45, 7) is 7.87. The summed E-state index contributed by atoms with van der Waals surface area (Å²) in [4.78, 5) is 4.41. The molecule has 1 heterocycles. The van der Waals surface area contributed by atoms with E-state index in [1.807, 2.05) is 13.8 Å². The lowest BCUT2D eigenvalue weighted by atomic mass is 10.3. The molecule has 0 saturated carbocycles. The van der Waals surface area contributed by atoms with Gasteiger partial charge in [0.15, 0.2) is 0 Å². The lowest BCUT2D eigenvalue weighted by Gasteiger charge is -2.13. The normalized spacial score (nSPS) is 15.2. The molecule has 0 aliphatic rings. The summed E-state index contributed by atoms with van der Waals surface area (Å²) in [7, 11) is 0. The fraction of sp³-hybridized carbons (Fsp3) is 0.545. The van der Waals surface area contributed by atoms with E-state index in [4.69, 9.17) is 0 Å². The number of aryl methyl sites for hydroxylation is 2. The third-order valence-electron chi connectivity index (χ3n) is 2.06. The summed E-state index contributed by atoms with van der Waals surface area (Å²) >= 11 is 1.62. The van der Waals surface area contributed by atoms with Crippen LogP contribution < -0.4 is 0 Å². The topological polar surface area (TPSA) is 33.1 Å². The Balaban J connectivity index is 2.76. The van der Waals surface area contributed by atoms with E-state index in [0.29, 0.717) is 0 Å². The first-order valence-corrected chi connectivity index (χ1v) is 5.67. The largest absolute Gasteiger partial charge is 0.392 e. The van der Waals surface area contributed by atoms with Gasteiger partial charge in [0, 0.05) is 10.9 Å². The van der Waals surface area contributed by atoms with Crippen LogP contribution in [0.4, 0.5) is 0 Å². The molecule has 2 unspecified atom stereocenters. The van der Waals surface area contributed by atoms with Crippen LogP contribution >= 0.6 is 11.8 Å². The quantitative estimate of drug-likeness (QED) is 0.780. The molecule has 1 aromatic rings. The summed E-state index contributed by atoms with van der Waals surface area (Å²) < 4.78 is 0. The average molecular weight is 211 g/mol. The molecule has 2 atom stereocenters. The zero-order valence-electron chi connectivity index (χ0n) is 9.11. The standard InChI is InChI=1S/C11H17NOS/c1-7-5-8(2)12-11(6-7)14-10(4)9(3)13/h5-6,9-10,13H,1-4H3. The number of nitrogens with zero attached hydrogens (tertiary/aromatic N) is 1. The second-order valence-electron chi connectivity index (χ2n) is 3.69. The van der Waals surface area contributed by atoms with Gasteiger partial charge in [-0.05, 0) is 38.5 Å². The zero-order valence-corrected chi connectivity index (χ0v) is 9.93. The van der Waals surface area contributed by atoms with Crippen molar-refractivity contribution in [3.05, 3.63) is 23.4 Å². The van der Waals surface area contributed by atoms with Crippen molar-refractivity contribution in [3.63, 3.8) is 0 Å². The summed E-state index contributed by atoms with van der Waals surface area (Å²) in [5.41, 5.74) is 2.25. The summed E-state index contributed by atoms with van der Waals surface area (Å²) in [5.74, 6) is 0. The molecule has 78 valence electrons. The highest BCUT2D eigenvalue weighted by Gasteiger charge is 2.11. The lowest BCUT2D eigenvalue weighted by molar-refractivity contribution is 0.196. The first kappa shape index (κ1) is 11.5. The van der Waals surface area contributed by atoms with E-state index in [-0.39, 0.29) is 11.4 Å². The minimum atomic E-state index is -0.303. The Morgan fingerprint density at radius 1 is 1.29 bits per heavy atom. The van der Waals surface area contributed by atoms with Gasteiger partial charge in [0.05, 0.1) is 11.1 Å². The van der Waals surface area contributed by atoms with Crippen LogP contribution in [0.1, 0.15) is 25.1 Å². The Hall–Kier alpha value is -0.540. The Bertz CT molecular complexity index is 292. The van der Waals surface area contributed by atoms with Gasteiger partial charge in [0.2, 0.25) is 0 Å². The zero-order chi connectivity index (χ0) is 10.7. The molecule has 0 spiro atoms. The molecule has 2 nitrogen and oxygen atoms in total. The Labute approximate surface area is 89.8 Å². The molecule has 14 heavy (non-hydrogen) atoms. The van der Waals surface area contributed by atoms with Gasteiger partial charge in [-0.15, -0.1) is 11.8 Å². The smallest absolute Gasteiger partial charge is 0.0969 e. The van der Waals surface area contributed by atoms with Crippen molar-refractivity contribution in [1.29, 1.82) is 0 Å². The van der Waals surface area contributed by atoms with Crippen molar-refractivity contribution in [1.82, 2.24) is 4.98 Å². The van der Waals surface area contributed by atoms with E-state index in [2.05, 4.69) is 24.0 Å². The van der Waals surface area contributed by atoms with E-state index < -0.39 is 0 Å². The predicted molar refractivity (Wildman–Crippen MR) is 60.7 cm³/mol. The average Bonchev–Trinajstić information content (AvgIpc) is 2.01. The summed E-state index contributed by atoms with van der Waals surface area (Å²) in [5, 5.41) is 10.6. The molecule has 1 rings (SSSR count). The Morgan fingerprint density at radius 2 is 1.93 bits per heavy atom. The predicted octanol–water partition coefficient (Wildman–Crippen LogP) is 2.56. The van der Waals surface area contributed by atoms with Crippen LogP contribution in [0.2, 0.25) is 0 Å². The molecule has 0 saturated heterocycles. The molecular formula is C11H17NOS. The van der Waals surface area contributed by atoms with Gasteiger partial charge in [-0.2, -0.15) is 0 Å². The molecule has 0 amide bonds. The van der Waals surface area contributed by atoms with Gasteiger partial charge in [0.25, 0.3) is 0 Å². The third kappa shape index (κ3) is 3.31. The SMILES string of the molecule is Cc1cc(C)nc(SC(C)C(C)O)c1. The maximum Gasteiger partial charge on any atom is 0.0969 e. The molecule has 1 N–H and O–H groups in total. The lowest BCUT2D eigenvalue weighted by Crippen LogP contribution is -2.15. The number of rotatable bonds is 3. The molecule has 0 fully saturated rings. The van der Waals surface area contributed by atoms with E-state index in [1.54, 1.807) is 18.7 Å². The monoisotopic (exact) mass is 211 g/mol. The van der Waals surface area contributed by atoms with Crippen molar-refractivity contribution in [2.24, 2.45) is 0 Å². The Morgan fingerprint density at radius 3 is 2.43 bits per heavy atom. The minimum absolute atomic E-state index is 0.184. The first-order valence-electron chi connectivity index (χ1n) is 4.79. The second kappa shape index (κ2) is 4.80. The maximum absolute atomic E-state index is 9.37. The molecule has 0 radical (unpaired) electrons. The fourth-order valence-electron chi connectivity index (χ4n) is 1.15. The van der Waals surface area contributed by atoms with Gasteiger partial charge in [0.1, 0.15) is 0 Å². The van der Waals surface area contributed by atoms with Crippen molar-refractivity contribution in [2.75, 3.05) is 0 Å². The molecule has 0 aliphatic carbocycles. The van der Waals surface area contributed by atoms with Crippen LogP contribution in [0.3, 0.4) is 0 Å². The number of hydrogen-bond acceptors (Lipinski definition) is 3. The number of pyridine rings is 1. The Kier molecular flexibility index (Phi) is 3.96. The van der Waals surface area contributed by atoms with Crippen LogP contribution in [-0.2, 0) is 0 Å².